The predicted molar refractivity (Wildman–Crippen MR) is 77.2 cm³/mol. The van der Waals surface area contributed by atoms with Crippen LogP contribution in [0.4, 0.5) is 0 Å². The molecule has 0 aliphatic rings. The minimum Gasteiger partial charge on any atom is -0.310 e. The lowest BCUT2D eigenvalue weighted by Gasteiger charge is -2.16. The lowest BCUT2D eigenvalue weighted by Crippen LogP contribution is -2.21. The Balaban J connectivity index is 2.15. The van der Waals surface area contributed by atoms with Gasteiger partial charge in [-0.2, -0.15) is 0 Å². The lowest BCUT2D eigenvalue weighted by atomic mass is 10.1. The van der Waals surface area contributed by atoms with Gasteiger partial charge in [-0.3, -0.25) is 0 Å². The van der Waals surface area contributed by atoms with Crippen LogP contribution < -0.4 is 5.32 Å². The third kappa shape index (κ3) is 3.61. The summed E-state index contributed by atoms with van der Waals surface area (Å²) < 4.78 is 1.97. The maximum atomic E-state index is 4.19. The highest BCUT2D eigenvalue weighted by Gasteiger charge is 2.19. The number of aromatic nitrogens is 4. The number of tetrazole rings is 1. The van der Waals surface area contributed by atoms with Crippen LogP contribution >= 0.6 is 11.3 Å². The van der Waals surface area contributed by atoms with Crippen molar-refractivity contribution in [1.29, 1.82) is 0 Å². The van der Waals surface area contributed by atoms with Gasteiger partial charge in [-0.1, -0.05) is 26.3 Å². The second-order valence-corrected chi connectivity index (χ2v) is 5.52. The zero-order valence-corrected chi connectivity index (χ0v) is 12.4. The number of nitrogens with one attached hydrogen (secondary N) is 1. The summed E-state index contributed by atoms with van der Waals surface area (Å²) in [6.45, 7) is 6.07. The van der Waals surface area contributed by atoms with Crippen LogP contribution in [0.15, 0.2) is 17.5 Å². The van der Waals surface area contributed by atoms with Crippen LogP contribution in [0.5, 0.6) is 0 Å². The third-order valence-corrected chi connectivity index (χ3v) is 3.97. The molecular weight excluding hydrogens is 258 g/mol. The Labute approximate surface area is 118 Å². The Morgan fingerprint density at radius 2 is 2.26 bits per heavy atom. The topological polar surface area (TPSA) is 55.6 Å². The van der Waals surface area contributed by atoms with Crippen molar-refractivity contribution in [3.63, 3.8) is 0 Å². The highest BCUT2D eigenvalue weighted by atomic mass is 32.1. The maximum absolute atomic E-state index is 4.19. The Morgan fingerprint density at radius 1 is 1.37 bits per heavy atom. The first-order valence-electron chi connectivity index (χ1n) is 6.87. The molecule has 6 heteroatoms. The SMILES string of the molecule is CCCNCc1nnnn1C(CCC)c1cccs1. The molecule has 2 rings (SSSR count). The molecule has 0 aromatic carbocycles. The van der Waals surface area contributed by atoms with E-state index in [1.165, 1.54) is 4.88 Å². The van der Waals surface area contributed by atoms with Crippen molar-refractivity contribution in [1.82, 2.24) is 25.5 Å². The summed E-state index contributed by atoms with van der Waals surface area (Å²) >= 11 is 1.77. The summed E-state index contributed by atoms with van der Waals surface area (Å²) in [5.41, 5.74) is 0. The van der Waals surface area contributed by atoms with Gasteiger partial charge in [0.25, 0.3) is 0 Å². The van der Waals surface area contributed by atoms with E-state index in [0.717, 1.165) is 38.2 Å². The van der Waals surface area contributed by atoms with Gasteiger partial charge in [0.05, 0.1) is 12.6 Å². The van der Waals surface area contributed by atoms with E-state index < -0.39 is 0 Å². The smallest absolute Gasteiger partial charge is 0.165 e. The zero-order valence-electron chi connectivity index (χ0n) is 11.5. The van der Waals surface area contributed by atoms with Gasteiger partial charge in [0.15, 0.2) is 5.82 Å². The summed E-state index contributed by atoms with van der Waals surface area (Å²) in [6, 6.07) is 4.51. The number of thiophene rings is 1. The molecule has 2 aromatic rings. The molecular formula is C13H21N5S. The Bertz CT molecular complexity index is 465. The fraction of sp³-hybridized carbons (Fsp3) is 0.615. The van der Waals surface area contributed by atoms with Crippen LogP contribution in [-0.4, -0.2) is 26.8 Å². The predicted octanol–water partition coefficient (Wildman–Crippen LogP) is 2.62. The van der Waals surface area contributed by atoms with Crippen LogP contribution in [0.25, 0.3) is 0 Å². The monoisotopic (exact) mass is 279 g/mol. The Morgan fingerprint density at radius 3 is 2.95 bits per heavy atom. The molecule has 0 amide bonds. The highest BCUT2D eigenvalue weighted by molar-refractivity contribution is 7.10. The van der Waals surface area contributed by atoms with Gasteiger partial charge >= 0.3 is 0 Å². The molecule has 0 saturated carbocycles. The molecule has 5 nitrogen and oxygen atoms in total. The fourth-order valence-corrected chi connectivity index (χ4v) is 2.93. The van der Waals surface area contributed by atoms with Gasteiger partial charge < -0.3 is 5.32 Å². The first-order chi connectivity index (χ1) is 9.36. The average Bonchev–Trinajstić information content (AvgIpc) is 3.08. The molecule has 0 aliphatic heterocycles. The molecule has 1 unspecified atom stereocenters. The van der Waals surface area contributed by atoms with Gasteiger partial charge in [-0.15, -0.1) is 16.4 Å². The quantitative estimate of drug-likeness (QED) is 0.755. The highest BCUT2D eigenvalue weighted by Crippen LogP contribution is 2.27. The minimum absolute atomic E-state index is 0.262. The van der Waals surface area contributed by atoms with Gasteiger partial charge in [-0.25, -0.2) is 4.68 Å². The largest absolute Gasteiger partial charge is 0.310 e. The molecule has 2 aromatic heterocycles. The Hall–Kier alpha value is -1.27. The molecule has 0 spiro atoms. The molecule has 2 heterocycles. The molecule has 0 radical (unpaired) electrons. The molecule has 104 valence electrons. The normalized spacial score (nSPS) is 12.7. The van der Waals surface area contributed by atoms with E-state index in [2.05, 4.69) is 52.2 Å². The minimum atomic E-state index is 0.262. The Kier molecular flexibility index (Phi) is 5.47. The van der Waals surface area contributed by atoms with E-state index in [9.17, 15) is 0 Å². The summed E-state index contributed by atoms with van der Waals surface area (Å²) in [4.78, 5) is 1.32. The average molecular weight is 279 g/mol. The molecule has 0 saturated heterocycles. The molecule has 1 N–H and O–H groups in total. The van der Waals surface area contributed by atoms with Crippen LogP contribution in [-0.2, 0) is 6.54 Å². The number of hydrogen-bond acceptors (Lipinski definition) is 5. The first-order valence-corrected chi connectivity index (χ1v) is 7.75. The molecule has 0 aliphatic carbocycles. The van der Waals surface area contributed by atoms with E-state index in [-0.39, 0.29) is 6.04 Å². The zero-order chi connectivity index (χ0) is 13.5. The summed E-state index contributed by atoms with van der Waals surface area (Å²) in [6.07, 6.45) is 3.29. The summed E-state index contributed by atoms with van der Waals surface area (Å²) in [5.74, 6) is 0.917. The van der Waals surface area contributed by atoms with Crippen LogP contribution in [0.1, 0.15) is 49.9 Å². The third-order valence-electron chi connectivity index (χ3n) is 3.00. The van der Waals surface area contributed by atoms with E-state index >= 15 is 0 Å². The van der Waals surface area contributed by atoms with Crippen molar-refractivity contribution in [2.75, 3.05) is 6.54 Å². The van der Waals surface area contributed by atoms with Crippen LogP contribution in [0.3, 0.4) is 0 Å². The van der Waals surface area contributed by atoms with Crippen molar-refractivity contribution >= 4 is 11.3 Å². The van der Waals surface area contributed by atoms with Crippen LogP contribution in [0.2, 0.25) is 0 Å². The van der Waals surface area contributed by atoms with Crippen LogP contribution in [0, 0.1) is 0 Å². The molecule has 0 bridgehead atoms. The van der Waals surface area contributed by atoms with Crippen molar-refractivity contribution in [2.45, 2.75) is 45.7 Å². The molecule has 1 atom stereocenters. The van der Waals surface area contributed by atoms with Gasteiger partial charge in [0, 0.05) is 4.88 Å². The first kappa shape index (κ1) is 14.1. The molecule has 19 heavy (non-hydrogen) atoms. The van der Waals surface area contributed by atoms with Gasteiger partial charge in [0.2, 0.25) is 0 Å². The van der Waals surface area contributed by atoms with Crippen molar-refractivity contribution < 1.29 is 0 Å². The maximum Gasteiger partial charge on any atom is 0.165 e. The number of rotatable bonds is 8. The number of nitrogens with zero attached hydrogens (tertiary/aromatic N) is 4. The van der Waals surface area contributed by atoms with E-state index in [4.69, 9.17) is 0 Å². The fourth-order valence-electron chi connectivity index (χ4n) is 2.09. The van der Waals surface area contributed by atoms with Gasteiger partial charge in [-0.05, 0) is 41.3 Å². The lowest BCUT2D eigenvalue weighted by molar-refractivity contribution is 0.453. The second-order valence-electron chi connectivity index (χ2n) is 4.54. The van der Waals surface area contributed by atoms with Crippen molar-refractivity contribution in [3.8, 4) is 0 Å². The number of hydrogen-bond donors (Lipinski definition) is 1. The van der Waals surface area contributed by atoms with Crippen molar-refractivity contribution in [2.24, 2.45) is 0 Å². The van der Waals surface area contributed by atoms with Gasteiger partial charge in [0.1, 0.15) is 0 Å². The van der Waals surface area contributed by atoms with E-state index in [0.29, 0.717) is 0 Å². The molecule has 0 fully saturated rings. The van der Waals surface area contributed by atoms with Crippen molar-refractivity contribution in [3.05, 3.63) is 28.2 Å². The van der Waals surface area contributed by atoms with E-state index in [1.54, 1.807) is 11.3 Å². The summed E-state index contributed by atoms with van der Waals surface area (Å²) in [5, 5.41) is 17.6. The standard InChI is InChI=1S/C13H21N5S/c1-3-6-11(12-7-5-9-19-12)18-13(15-16-17-18)10-14-8-4-2/h5,7,9,11,14H,3-4,6,8,10H2,1-2H3. The summed E-state index contributed by atoms with van der Waals surface area (Å²) in [7, 11) is 0. The van der Waals surface area contributed by atoms with E-state index in [1.807, 2.05) is 4.68 Å². The second kappa shape index (κ2) is 7.35.